The number of carbonyl (C=O) groups excluding carboxylic acids is 1. The standard InChI is InChI=1S/C15H30N4OS/c1-17-8-10-19(11-9-17)7-4-6-18(2)15(20)16-14-5-3-12-21-13-14/h14H,3-13H2,1-2H3,(H,16,20)/t14-/m0/s1. The largest absolute Gasteiger partial charge is 0.334 e. The molecule has 0 aromatic rings. The average molecular weight is 314 g/mol. The lowest BCUT2D eigenvalue weighted by atomic mass is 10.2. The molecule has 2 saturated heterocycles. The Morgan fingerprint density at radius 1 is 1.33 bits per heavy atom. The van der Waals surface area contributed by atoms with E-state index < -0.39 is 0 Å². The van der Waals surface area contributed by atoms with Gasteiger partial charge < -0.3 is 20.0 Å². The van der Waals surface area contributed by atoms with E-state index in [0.29, 0.717) is 6.04 Å². The summed E-state index contributed by atoms with van der Waals surface area (Å²) in [7, 11) is 4.09. The number of hydrogen-bond donors (Lipinski definition) is 1. The van der Waals surface area contributed by atoms with E-state index in [1.165, 1.54) is 12.2 Å². The van der Waals surface area contributed by atoms with Crippen LogP contribution in [0.25, 0.3) is 0 Å². The van der Waals surface area contributed by atoms with Gasteiger partial charge in [0.2, 0.25) is 0 Å². The van der Waals surface area contributed by atoms with Crippen LogP contribution in [0.3, 0.4) is 0 Å². The van der Waals surface area contributed by atoms with Crippen LogP contribution in [0.2, 0.25) is 0 Å². The van der Waals surface area contributed by atoms with Gasteiger partial charge in [-0.1, -0.05) is 0 Å². The number of hydrogen-bond acceptors (Lipinski definition) is 4. The molecule has 2 aliphatic heterocycles. The average Bonchev–Trinajstić information content (AvgIpc) is 2.50. The molecule has 0 radical (unpaired) electrons. The number of rotatable bonds is 5. The molecule has 6 heteroatoms. The van der Waals surface area contributed by atoms with Crippen molar-refractivity contribution in [3.63, 3.8) is 0 Å². The van der Waals surface area contributed by atoms with Crippen LogP contribution in [0, 0.1) is 0 Å². The molecule has 21 heavy (non-hydrogen) atoms. The zero-order chi connectivity index (χ0) is 15.1. The summed E-state index contributed by atoms with van der Waals surface area (Å²) < 4.78 is 0. The molecule has 5 nitrogen and oxygen atoms in total. The molecule has 0 bridgehead atoms. The van der Waals surface area contributed by atoms with Crippen molar-refractivity contribution in [2.24, 2.45) is 0 Å². The Morgan fingerprint density at radius 3 is 2.76 bits per heavy atom. The van der Waals surface area contributed by atoms with Crippen LogP contribution in [-0.4, -0.2) is 91.6 Å². The normalized spacial score (nSPS) is 24.8. The van der Waals surface area contributed by atoms with Crippen molar-refractivity contribution in [1.82, 2.24) is 20.0 Å². The number of likely N-dealkylation sites (N-methyl/N-ethyl adjacent to an activating group) is 1. The fourth-order valence-corrected chi connectivity index (χ4v) is 3.92. The Bertz CT molecular complexity index is 315. The summed E-state index contributed by atoms with van der Waals surface area (Å²) in [5, 5.41) is 3.16. The van der Waals surface area contributed by atoms with Crippen LogP contribution in [0.15, 0.2) is 0 Å². The first-order valence-corrected chi connectivity index (χ1v) is 9.31. The number of nitrogens with one attached hydrogen (secondary N) is 1. The van der Waals surface area contributed by atoms with Crippen molar-refractivity contribution in [2.45, 2.75) is 25.3 Å². The maximum atomic E-state index is 12.1. The summed E-state index contributed by atoms with van der Waals surface area (Å²) in [5.41, 5.74) is 0. The Morgan fingerprint density at radius 2 is 2.10 bits per heavy atom. The molecule has 2 aliphatic rings. The van der Waals surface area contributed by atoms with Crippen molar-refractivity contribution >= 4 is 17.8 Å². The minimum absolute atomic E-state index is 0.0980. The predicted octanol–water partition coefficient (Wildman–Crippen LogP) is 1.16. The highest BCUT2D eigenvalue weighted by Gasteiger charge is 2.18. The fourth-order valence-electron chi connectivity index (χ4n) is 2.84. The first-order valence-electron chi connectivity index (χ1n) is 8.15. The fraction of sp³-hybridized carbons (Fsp3) is 0.933. The summed E-state index contributed by atoms with van der Waals surface area (Å²) in [6.07, 6.45) is 3.42. The molecule has 1 atom stereocenters. The number of nitrogens with zero attached hydrogens (tertiary/aromatic N) is 3. The number of thioether (sulfide) groups is 1. The number of carbonyl (C=O) groups is 1. The van der Waals surface area contributed by atoms with Gasteiger partial charge in [0.15, 0.2) is 0 Å². The van der Waals surface area contributed by atoms with Gasteiger partial charge in [-0.3, -0.25) is 0 Å². The van der Waals surface area contributed by atoms with Gasteiger partial charge in [0, 0.05) is 51.6 Å². The van der Waals surface area contributed by atoms with Gasteiger partial charge >= 0.3 is 6.03 Å². The molecule has 0 unspecified atom stereocenters. The minimum atomic E-state index is 0.0980. The van der Waals surface area contributed by atoms with Gasteiger partial charge in [0.1, 0.15) is 0 Å². The van der Waals surface area contributed by atoms with E-state index in [9.17, 15) is 4.79 Å². The third-order valence-electron chi connectivity index (χ3n) is 4.40. The second kappa shape index (κ2) is 8.86. The van der Waals surface area contributed by atoms with E-state index in [1.807, 2.05) is 23.7 Å². The Hall–Kier alpha value is -0.460. The molecule has 0 aliphatic carbocycles. The molecule has 0 aromatic heterocycles. The molecular formula is C15H30N4OS. The summed E-state index contributed by atoms with van der Waals surface area (Å²) in [6.45, 7) is 6.59. The second-order valence-corrected chi connectivity index (χ2v) is 7.43. The van der Waals surface area contributed by atoms with Gasteiger partial charge in [-0.15, -0.1) is 0 Å². The molecule has 2 heterocycles. The smallest absolute Gasteiger partial charge is 0.317 e. The van der Waals surface area contributed by atoms with Crippen LogP contribution in [0.5, 0.6) is 0 Å². The molecule has 2 fully saturated rings. The maximum Gasteiger partial charge on any atom is 0.317 e. The number of piperazine rings is 1. The zero-order valence-electron chi connectivity index (χ0n) is 13.5. The Balaban J connectivity index is 1.57. The Labute approximate surface area is 133 Å². The minimum Gasteiger partial charge on any atom is -0.334 e. The highest BCUT2D eigenvalue weighted by atomic mass is 32.2. The first kappa shape index (κ1) is 16.9. The topological polar surface area (TPSA) is 38.8 Å². The van der Waals surface area contributed by atoms with Crippen molar-refractivity contribution in [3.8, 4) is 0 Å². The summed E-state index contributed by atoms with van der Waals surface area (Å²) >= 11 is 1.95. The number of amides is 2. The lowest BCUT2D eigenvalue weighted by Crippen LogP contribution is -2.47. The molecular weight excluding hydrogens is 284 g/mol. The van der Waals surface area contributed by atoms with Crippen LogP contribution in [0.4, 0.5) is 4.79 Å². The van der Waals surface area contributed by atoms with Crippen molar-refractivity contribution in [1.29, 1.82) is 0 Å². The maximum absolute atomic E-state index is 12.1. The van der Waals surface area contributed by atoms with Gasteiger partial charge in [-0.25, -0.2) is 4.79 Å². The second-order valence-electron chi connectivity index (χ2n) is 6.28. The monoisotopic (exact) mass is 314 g/mol. The lowest BCUT2D eigenvalue weighted by Gasteiger charge is -2.32. The summed E-state index contributed by atoms with van der Waals surface area (Å²) in [5.74, 6) is 2.31. The molecule has 2 rings (SSSR count). The van der Waals surface area contributed by atoms with Gasteiger partial charge in [-0.05, 0) is 38.6 Å². The summed E-state index contributed by atoms with van der Waals surface area (Å²) in [4.78, 5) is 18.8. The molecule has 1 N–H and O–H groups in total. The third kappa shape index (κ3) is 6.04. The molecule has 0 aromatic carbocycles. The Kier molecular flexibility index (Phi) is 7.13. The van der Waals surface area contributed by atoms with Gasteiger partial charge in [0.25, 0.3) is 0 Å². The van der Waals surface area contributed by atoms with E-state index >= 15 is 0 Å². The van der Waals surface area contributed by atoms with E-state index in [2.05, 4.69) is 22.2 Å². The van der Waals surface area contributed by atoms with Crippen LogP contribution < -0.4 is 5.32 Å². The molecule has 0 saturated carbocycles. The number of urea groups is 1. The quantitative estimate of drug-likeness (QED) is 0.826. The van der Waals surface area contributed by atoms with E-state index in [0.717, 1.165) is 57.9 Å². The SMILES string of the molecule is CN1CCN(CCCN(C)C(=O)N[C@H]2CCCSC2)CC1. The highest BCUT2D eigenvalue weighted by molar-refractivity contribution is 7.99. The van der Waals surface area contributed by atoms with E-state index in [1.54, 1.807) is 0 Å². The van der Waals surface area contributed by atoms with E-state index in [4.69, 9.17) is 0 Å². The zero-order valence-corrected chi connectivity index (χ0v) is 14.3. The molecule has 0 spiro atoms. The molecule has 122 valence electrons. The van der Waals surface area contributed by atoms with Crippen LogP contribution in [-0.2, 0) is 0 Å². The van der Waals surface area contributed by atoms with Crippen molar-refractivity contribution in [2.75, 3.05) is 64.9 Å². The first-order chi connectivity index (χ1) is 10.1. The van der Waals surface area contributed by atoms with E-state index in [-0.39, 0.29) is 6.03 Å². The lowest BCUT2D eigenvalue weighted by molar-refractivity contribution is 0.148. The van der Waals surface area contributed by atoms with Crippen molar-refractivity contribution < 1.29 is 4.79 Å². The predicted molar refractivity (Wildman–Crippen MR) is 90.1 cm³/mol. The van der Waals surface area contributed by atoms with Crippen LogP contribution >= 0.6 is 11.8 Å². The van der Waals surface area contributed by atoms with Gasteiger partial charge in [-0.2, -0.15) is 11.8 Å². The highest BCUT2D eigenvalue weighted by Crippen LogP contribution is 2.16. The molecule has 2 amide bonds. The summed E-state index contributed by atoms with van der Waals surface area (Å²) in [6, 6.07) is 0.470. The van der Waals surface area contributed by atoms with Crippen molar-refractivity contribution in [3.05, 3.63) is 0 Å². The van der Waals surface area contributed by atoms with Crippen LogP contribution in [0.1, 0.15) is 19.3 Å². The third-order valence-corrected chi connectivity index (χ3v) is 5.61. The van der Waals surface area contributed by atoms with Gasteiger partial charge in [0.05, 0.1) is 0 Å².